The molecule has 0 amide bonds. The Bertz CT molecular complexity index is 786. The molecule has 116 valence electrons. The zero-order chi connectivity index (χ0) is 15.9. The van der Waals surface area contributed by atoms with Crippen LogP contribution in [0.2, 0.25) is 0 Å². The van der Waals surface area contributed by atoms with E-state index in [4.69, 9.17) is 5.73 Å². The Kier molecular flexibility index (Phi) is 3.18. The fourth-order valence-corrected chi connectivity index (χ4v) is 3.40. The number of nitrogens with two attached hydrogens (primary N) is 1. The number of nitrogen functional groups attached to an aromatic ring is 1. The van der Waals surface area contributed by atoms with E-state index in [0.29, 0.717) is 11.7 Å². The van der Waals surface area contributed by atoms with Gasteiger partial charge in [0.15, 0.2) is 0 Å². The minimum Gasteiger partial charge on any atom is -0.384 e. The molecular weight excluding hydrogens is 284 g/mol. The van der Waals surface area contributed by atoms with Crippen LogP contribution >= 0.6 is 0 Å². The Labute approximate surface area is 135 Å². The Hall–Kier alpha value is -2.62. The molecule has 0 saturated heterocycles. The van der Waals surface area contributed by atoms with Crippen molar-refractivity contribution in [1.29, 1.82) is 0 Å². The van der Waals surface area contributed by atoms with Crippen LogP contribution in [0.25, 0.3) is 11.1 Å². The van der Waals surface area contributed by atoms with E-state index in [-0.39, 0.29) is 5.41 Å². The van der Waals surface area contributed by atoms with Crippen molar-refractivity contribution >= 4 is 5.82 Å². The van der Waals surface area contributed by atoms with Gasteiger partial charge in [-0.1, -0.05) is 24.3 Å². The third-order valence-electron chi connectivity index (χ3n) is 5.06. The van der Waals surface area contributed by atoms with Gasteiger partial charge in [-0.15, -0.1) is 0 Å². The normalized spacial score (nSPS) is 16.9. The van der Waals surface area contributed by atoms with Gasteiger partial charge < -0.3 is 5.73 Å². The summed E-state index contributed by atoms with van der Waals surface area (Å²) in [4.78, 5) is 4.17. The van der Waals surface area contributed by atoms with Crippen LogP contribution in [-0.2, 0) is 5.41 Å². The second-order valence-electron chi connectivity index (χ2n) is 6.50. The molecule has 1 aromatic carbocycles. The zero-order valence-electron chi connectivity index (χ0n) is 13.2. The minimum atomic E-state index is 0.00833. The number of rotatable bonds is 4. The molecule has 1 fully saturated rings. The summed E-state index contributed by atoms with van der Waals surface area (Å²) < 4.78 is 0. The van der Waals surface area contributed by atoms with Gasteiger partial charge in [-0.25, -0.2) is 4.98 Å². The van der Waals surface area contributed by atoms with Crippen molar-refractivity contribution < 1.29 is 0 Å². The average molecular weight is 304 g/mol. The second kappa shape index (κ2) is 5.23. The van der Waals surface area contributed by atoms with Gasteiger partial charge in [-0.2, -0.15) is 5.10 Å². The van der Waals surface area contributed by atoms with Crippen LogP contribution in [0.5, 0.6) is 0 Å². The quantitative estimate of drug-likeness (QED) is 0.771. The molecule has 0 radical (unpaired) electrons. The highest BCUT2D eigenvalue weighted by Gasteiger charge is 2.44. The summed E-state index contributed by atoms with van der Waals surface area (Å²) in [6.07, 6.45) is 6.21. The van der Waals surface area contributed by atoms with Crippen molar-refractivity contribution in [2.24, 2.45) is 5.92 Å². The van der Waals surface area contributed by atoms with Gasteiger partial charge in [-0.05, 0) is 55.0 Å². The van der Waals surface area contributed by atoms with Crippen LogP contribution in [0, 0.1) is 5.92 Å². The summed E-state index contributed by atoms with van der Waals surface area (Å²) in [6, 6.07) is 14.7. The number of hydrogen-bond acceptors (Lipinski definition) is 3. The van der Waals surface area contributed by atoms with E-state index >= 15 is 0 Å². The van der Waals surface area contributed by atoms with E-state index in [1.807, 2.05) is 24.5 Å². The number of aromatic amines is 1. The first-order valence-corrected chi connectivity index (χ1v) is 8.00. The minimum absolute atomic E-state index is 0.00833. The van der Waals surface area contributed by atoms with Gasteiger partial charge >= 0.3 is 0 Å². The van der Waals surface area contributed by atoms with Gasteiger partial charge in [0.2, 0.25) is 0 Å². The lowest BCUT2D eigenvalue weighted by Crippen LogP contribution is -2.26. The Morgan fingerprint density at radius 3 is 2.35 bits per heavy atom. The lowest BCUT2D eigenvalue weighted by Gasteiger charge is -2.29. The number of hydrogen-bond donors (Lipinski definition) is 2. The van der Waals surface area contributed by atoms with E-state index < -0.39 is 0 Å². The third-order valence-corrected chi connectivity index (χ3v) is 5.06. The maximum Gasteiger partial charge on any atom is 0.123 e. The maximum absolute atomic E-state index is 5.66. The largest absolute Gasteiger partial charge is 0.384 e. The van der Waals surface area contributed by atoms with Crippen LogP contribution in [-0.4, -0.2) is 15.2 Å². The van der Waals surface area contributed by atoms with Crippen LogP contribution < -0.4 is 5.73 Å². The predicted octanol–water partition coefficient (Wildman–Crippen LogP) is 3.77. The molecule has 2 heterocycles. The number of aromatic nitrogens is 3. The molecule has 3 aromatic rings. The van der Waals surface area contributed by atoms with Crippen LogP contribution in [0.1, 0.15) is 31.0 Å². The standard InChI is InChI=1S/C19H20N4/c1-19(16-7-8-16,17-10-11-22-23-17)15-5-2-13(3-6-15)14-4-9-18(20)21-12-14/h2-6,9-12,16H,7-8H2,1H3,(H2,20,21)(H,22,23)/t19-/m0/s1. The molecule has 1 aliphatic rings. The Balaban J connectivity index is 1.71. The van der Waals surface area contributed by atoms with Crippen molar-refractivity contribution in [1.82, 2.24) is 15.2 Å². The van der Waals surface area contributed by atoms with E-state index in [1.54, 1.807) is 0 Å². The molecule has 23 heavy (non-hydrogen) atoms. The van der Waals surface area contributed by atoms with E-state index in [0.717, 1.165) is 11.1 Å². The van der Waals surface area contributed by atoms with Gasteiger partial charge in [-0.3, -0.25) is 5.10 Å². The zero-order valence-corrected chi connectivity index (χ0v) is 13.2. The molecule has 0 bridgehead atoms. The number of nitrogens with one attached hydrogen (secondary N) is 1. The molecule has 0 unspecified atom stereocenters. The SMILES string of the molecule is C[C@@](c1ccc(-c2ccc(N)nc2)cc1)(c1ccn[nH]1)C1CC1. The summed E-state index contributed by atoms with van der Waals surface area (Å²) in [7, 11) is 0. The fraction of sp³-hybridized carbons (Fsp3) is 0.263. The molecule has 0 spiro atoms. The van der Waals surface area contributed by atoms with Crippen molar-refractivity contribution in [3.8, 4) is 11.1 Å². The van der Waals surface area contributed by atoms with Crippen molar-refractivity contribution in [3.05, 3.63) is 66.1 Å². The van der Waals surface area contributed by atoms with Crippen molar-refractivity contribution in [3.63, 3.8) is 0 Å². The molecule has 4 heteroatoms. The molecular formula is C19H20N4. The van der Waals surface area contributed by atoms with Crippen LogP contribution in [0.3, 0.4) is 0 Å². The summed E-state index contributed by atoms with van der Waals surface area (Å²) in [5, 5.41) is 7.33. The van der Waals surface area contributed by atoms with E-state index in [2.05, 4.69) is 52.4 Å². The molecule has 0 aliphatic heterocycles. The van der Waals surface area contributed by atoms with Gasteiger partial charge in [0.05, 0.1) is 0 Å². The Morgan fingerprint density at radius 1 is 1.04 bits per heavy atom. The smallest absolute Gasteiger partial charge is 0.123 e. The first-order chi connectivity index (χ1) is 11.2. The molecule has 3 N–H and O–H groups in total. The molecule has 4 nitrogen and oxygen atoms in total. The summed E-state index contributed by atoms with van der Waals surface area (Å²) in [5.41, 5.74) is 10.4. The highest BCUT2D eigenvalue weighted by Crippen LogP contribution is 2.50. The summed E-state index contributed by atoms with van der Waals surface area (Å²) in [6.45, 7) is 2.32. The summed E-state index contributed by atoms with van der Waals surface area (Å²) >= 11 is 0. The Morgan fingerprint density at radius 2 is 1.78 bits per heavy atom. The second-order valence-corrected chi connectivity index (χ2v) is 6.50. The van der Waals surface area contributed by atoms with E-state index in [9.17, 15) is 0 Å². The topological polar surface area (TPSA) is 67.6 Å². The number of pyridine rings is 1. The first kappa shape index (κ1) is 14.0. The first-order valence-electron chi connectivity index (χ1n) is 8.00. The molecule has 1 saturated carbocycles. The maximum atomic E-state index is 5.66. The average Bonchev–Trinajstić information content (AvgIpc) is 3.30. The molecule has 4 rings (SSSR count). The monoisotopic (exact) mass is 304 g/mol. The van der Waals surface area contributed by atoms with Crippen LogP contribution in [0.15, 0.2) is 54.9 Å². The van der Waals surface area contributed by atoms with Crippen LogP contribution in [0.4, 0.5) is 5.82 Å². The predicted molar refractivity (Wildman–Crippen MR) is 91.9 cm³/mol. The molecule has 1 atom stereocenters. The van der Waals surface area contributed by atoms with E-state index in [1.165, 1.54) is 24.1 Å². The third kappa shape index (κ3) is 2.40. The highest BCUT2D eigenvalue weighted by molar-refractivity contribution is 5.64. The van der Waals surface area contributed by atoms with Gasteiger partial charge in [0.1, 0.15) is 5.82 Å². The van der Waals surface area contributed by atoms with Gasteiger partial charge in [0.25, 0.3) is 0 Å². The lowest BCUT2D eigenvalue weighted by molar-refractivity contribution is 0.479. The summed E-state index contributed by atoms with van der Waals surface area (Å²) in [5.74, 6) is 1.23. The number of benzene rings is 1. The van der Waals surface area contributed by atoms with Crippen molar-refractivity contribution in [2.45, 2.75) is 25.2 Å². The fourth-order valence-electron chi connectivity index (χ4n) is 3.40. The van der Waals surface area contributed by atoms with Gasteiger partial charge in [0, 0.05) is 29.1 Å². The number of nitrogens with zero attached hydrogens (tertiary/aromatic N) is 2. The lowest BCUT2D eigenvalue weighted by atomic mass is 9.75. The number of anilines is 1. The molecule has 2 aromatic heterocycles. The molecule has 1 aliphatic carbocycles. The van der Waals surface area contributed by atoms with Crippen molar-refractivity contribution in [2.75, 3.05) is 5.73 Å². The number of H-pyrrole nitrogens is 1. The highest BCUT2D eigenvalue weighted by atomic mass is 15.1.